The highest BCUT2D eigenvalue weighted by atomic mass is 79.9. The Labute approximate surface area is 197 Å². The zero-order valence-corrected chi connectivity index (χ0v) is 20.3. The summed E-state index contributed by atoms with van der Waals surface area (Å²) in [6, 6.07) is 13.7. The third kappa shape index (κ3) is 6.64. The first-order valence-electron chi connectivity index (χ1n) is 10.6. The number of anilines is 1. The van der Waals surface area contributed by atoms with Gasteiger partial charge in [-0.1, -0.05) is 12.1 Å². The number of halogens is 1. The average Bonchev–Trinajstić information content (AvgIpc) is 3.25. The van der Waals surface area contributed by atoms with E-state index < -0.39 is 6.10 Å². The van der Waals surface area contributed by atoms with Crippen LogP contribution in [-0.4, -0.2) is 55.1 Å². The van der Waals surface area contributed by atoms with Gasteiger partial charge in [0, 0.05) is 31.3 Å². The standard InChI is InChI=1S/C24H30BrN3O4/c1-4-28(18-8-11-21(30-2)22(13-18)31-3)15-19(29)16-32-20-9-5-17(6-10-20)7-12-24-26-14-23(25)27-24/h5-6,8-11,13-14,19,29H,4,7,12,15-16H2,1-3H3,(H,26,27)/t19-/m0/s1. The van der Waals surface area contributed by atoms with E-state index in [0.717, 1.165) is 41.3 Å². The number of ether oxygens (including phenoxy) is 3. The summed E-state index contributed by atoms with van der Waals surface area (Å²) in [4.78, 5) is 9.54. The average molecular weight is 504 g/mol. The van der Waals surface area contributed by atoms with Crippen molar-refractivity contribution in [2.45, 2.75) is 25.9 Å². The van der Waals surface area contributed by atoms with Crippen LogP contribution in [0.4, 0.5) is 5.69 Å². The van der Waals surface area contributed by atoms with Crippen molar-refractivity contribution in [3.63, 3.8) is 0 Å². The van der Waals surface area contributed by atoms with E-state index in [0.29, 0.717) is 18.0 Å². The van der Waals surface area contributed by atoms with Gasteiger partial charge in [-0.25, -0.2) is 4.98 Å². The molecule has 0 fully saturated rings. The van der Waals surface area contributed by atoms with Crippen molar-refractivity contribution >= 4 is 21.6 Å². The summed E-state index contributed by atoms with van der Waals surface area (Å²) in [5.41, 5.74) is 2.16. The van der Waals surface area contributed by atoms with Gasteiger partial charge < -0.3 is 29.2 Å². The smallest absolute Gasteiger partial charge is 0.162 e. The van der Waals surface area contributed by atoms with Crippen LogP contribution < -0.4 is 19.1 Å². The molecular formula is C24H30BrN3O4. The van der Waals surface area contributed by atoms with Crippen molar-refractivity contribution in [2.24, 2.45) is 0 Å². The molecule has 8 heteroatoms. The van der Waals surface area contributed by atoms with Crippen molar-refractivity contribution in [1.29, 1.82) is 0 Å². The monoisotopic (exact) mass is 503 g/mol. The van der Waals surface area contributed by atoms with Gasteiger partial charge in [-0.15, -0.1) is 0 Å². The molecule has 0 aliphatic carbocycles. The van der Waals surface area contributed by atoms with Crippen LogP contribution in [0.15, 0.2) is 53.3 Å². The summed E-state index contributed by atoms with van der Waals surface area (Å²) in [6.07, 6.45) is 2.86. The Kier molecular flexibility index (Phi) is 8.81. The van der Waals surface area contributed by atoms with Crippen LogP contribution in [0, 0.1) is 0 Å². The number of benzene rings is 2. The highest BCUT2D eigenvalue weighted by molar-refractivity contribution is 9.10. The van der Waals surface area contributed by atoms with Crippen molar-refractivity contribution in [1.82, 2.24) is 9.97 Å². The fraction of sp³-hybridized carbons (Fsp3) is 0.375. The number of likely N-dealkylation sites (N-methyl/N-ethyl adjacent to an activating group) is 1. The summed E-state index contributed by atoms with van der Waals surface area (Å²) in [5, 5.41) is 10.5. The Morgan fingerprint density at radius 3 is 2.44 bits per heavy atom. The molecule has 0 aliphatic rings. The molecule has 1 atom stereocenters. The van der Waals surface area contributed by atoms with Crippen LogP contribution in [0.3, 0.4) is 0 Å². The highest BCUT2D eigenvalue weighted by Gasteiger charge is 2.14. The molecule has 0 saturated heterocycles. The first kappa shape index (κ1) is 23.9. The molecule has 172 valence electrons. The van der Waals surface area contributed by atoms with Crippen molar-refractivity contribution in [2.75, 3.05) is 38.8 Å². The first-order valence-corrected chi connectivity index (χ1v) is 11.4. The van der Waals surface area contributed by atoms with E-state index in [2.05, 4.69) is 30.8 Å². The lowest BCUT2D eigenvalue weighted by atomic mass is 10.1. The molecule has 2 aromatic carbocycles. The maximum Gasteiger partial charge on any atom is 0.162 e. The number of H-pyrrole nitrogens is 1. The molecule has 32 heavy (non-hydrogen) atoms. The fourth-order valence-electron chi connectivity index (χ4n) is 3.42. The molecule has 1 heterocycles. The Morgan fingerprint density at radius 1 is 1.06 bits per heavy atom. The fourth-order valence-corrected chi connectivity index (χ4v) is 3.75. The predicted molar refractivity (Wildman–Crippen MR) is 129 cm³/mol. The number of aliphatic hydroxyl groups is 1. The number of rotatable bonds is 12. The first-order chi connectivity index (χ1) is 15.5. The third-order valence-electron chi connectivity index (χ3n) is 5.16. The van der Waals surface area contributed by atoms with Gasteiger partial charge in [0.05, 0.1) is 20.4 Å². The van der Waals surface area contributed by atoms with E-state index >= 15 is 0 Å². The van der Waals surface area contributed by atoms with E-state index in [9.17, 15) is 5.11 Å². The molecule has 1 aromatic heterocycles. The van der Waals surface area contributed by atoms with E-state index in [1.54, 1.807) is 20.4 Å². The van der Waals surface area contributed by atoms with Gasteiger partial charge in [-0.05, 0) is 59.1 Å². The molecule has 0 spiro atoms. The molecule has 7 nitrogen and oxygen atoms in total. The molecule has 0 saturated carbocycles. The lowest BCUT2D eigenvalue weighted by molar-refractivity contribution is 0.112. The number of aryl methyl sites for hydroxylation is 2. The van der Waals surface area contributed by atoms with Crippen LogP contribution >= 0.6 is 15.9 Å². The van der Waals surface area contributed by atoms with Gasteiger partial charge in [0.1, 0.15) is 28.9 Å². The molecule has 0 bridgehead atoms. The van der Waals surface area contributed by atoms with E-state index in [4.69, 9.17) is 14.2 Å². The van der Waals surface area contributed by atoms with Gasteiger partial charge in [0.2, 0.25) is 0 Å². The quantitative estimate of drug-likeness (QED) is 0.384. The second-order valence-corrected chi connectivity index (χ2v) is 8.22. The summed E-state index contributed by atoms with van der Waals surface area (Å²) < 4.78 is 17.4. The summed E-state index contributed by atoms with van der Waals surface area (Å²) in [7, 11) is 3.23. The van der Waals surface area contributed by atoms with Crippen LogP contribution in [0.2, 0.25) is 0 Å². The van der Waals surface area contributed by atoms with E-state index in [-0.39, 0.29) is 6.61 Å². The van der Waals surface area contributed by atoms with Crippen molar-refractivity contribution < 1.29 is 19.3 Å². The lowest BCUT2D eigenvalue weighted by Gasteiger charge is -2.26. The SMILES string of the molecule is CCN(C[C@H](O)COc1ccc(CCc2ncc(Br)[nH]2)cc1)c1ccc(OC)c(OC)c1. The molecular weight excluding hydrogens is 474 g/mol. The van der Waals surface area contributed by atoms with Gasteiger partial charge in [0.15, 0.2) is 11.5 Å². The number of methoxy groups -OCH3 is 2. The summed E-state index contributed by atoms with van der Waals surface area (Å²) in [5.74, 6) is 3.03. The molecule has 3 rings (SSSR count). The second kappa shape index (κ2) is 11.8. The number of nitrogens with zero attached hydrogens (tertiary/aromatic N) is 2. The second-order valence-electron chi connectivity index (χ2n) is 7.36. The Morgan fingerprint density at radius 2 is 1.81 bits per heavy atom. The number of imidazole rings is 1. The van der Waals surface area contributed by atoms with Crippen molar-refractivity contribution in [3.05, 3.63) is 64.7 Å². The molecule has 3 aromatic rings. The van der Waals surface area contributed by atoms with Crippen molar-refractivity contribution in [3.8, 4) is 17.2 Å². The minimum absolute atomic E-state index is 0.212. The highest BCUT2D eigenvalue weighted by Crippen LogP contribution is 2.31. The zero-order valence-electron chi connectivity index (χ0n) is 18.7. The molecule has 0 aliphatic heterocycles. The Hall–Kier alpha value is -2.71. The number of aliphatic hydroxyl groups excluding tert-OH is 1. The van der Waals surface area contributed by atoms with E-state index in [1.807, 2.05) is 49.4 Å². The summed E-state index contributed by atoms with van der Waals surface area (Å²) >= 11 is 3.37. The van der Waals surface area contributed by atoms with Gasteiger partial charge >= 0.3 is 0 Å². The molecule has 0 radical (unpaired) electrons. The number of hydrogen-bond acceptors (Lipinski definition) is 6. The third-order valence-corrected chi connectivity index (χ3v) is 5.56. The topological polar surface area (TPSA) is 79.8 Å². The normalized spacial score (nSPS) is 11.8. The predicted octanol–water partition coefficient (Wildman–Crippen LogP) is 4.24. The zero-order chi connectivity index (χ0) is 22.9. The summed E-state index contributed by atoms with van der Waals surface area (Å²) in [6.45, 7) is 3.45. The van der Waals surface area contributed by atoms with Gasteiger partial charge in [-0.3, -0.25) is 0 Å². The van der Waals surface area contributed by atoms with Crippen LogP contribution in [0.1, 0.15) is 18.3 Å². The maximum atomic E-state index is 10.5. The number of hydrogen-bond donors (Lipinski definition) is 2. The molecule has 0 amide bonds. The van der Waals surface area contributed by atoms with Crippen LogP contribution in [-0.2, 0) is 12.8 Å². The lowest BCUT2D eigenvalue weighted by Crippen LogP contribution is -2.35. The largest absolute Gasteiger partial charge is 0.493 e. The number of aromatic amines is 1. The van der Waals surface area contributed by atoms with Gasteiger partial charge in [-0.2, -0.15) is 0 Å². The molecule has 2 N–H and O–H groups in total. The number of aromatic nitrogens is 2. The van der Waals surface area contributed by atoms with Crippen LogP contribution in [0.25, 0.3) is 0 Å². The number of nitrogens with one attached hydrogen (secondary N) is 1. The Bertz CT molecular complexity index is 978. The maximum absolute atomic E-state index is 10.5. The van der Waals surface area contributed by atoms with Gasteiger partial charge in [0.25, 0.3) is 0 Å². The van der Waals surface area contributed by atoms with E-state index in [1.165, 1.54) is 5.56 Å². The van der Waals surface area contributed by atoms with Crippen LogP contribution in [0.5, 0.6) is 17.2 Å². The minimum Gasteiger partial charge on any atom is -0.493 e. The molecule has 0 unspecified atom stereocenters. The minimum atomic E-state index is -0.639. The Balaban J connectivity index is 1.49.